The summed E-state index contributed by atoms with van der Waals surface area (Å²) in [6, 6.07) is 19.5. The van der Waals surface area contributed by atoms with Crippen LogP contribution in [0.2, 0.25) is 0 Å². The minimum Gasteiger partial charge on any atom is -0.508 e. The monoisotopic (exact) mass is 434 g/mol. The van der Waals surface area contributed by atoms with E-state index in [1.807, 2.05) is 13.8 Å². The van der Waals surface area contributed by atoms with Gasteiger partial charge in [-0.25, -0.2) is 0 Å². The highest BCUT2D eigenvalue weighted by Gasteiger charge is 2.28. The van der Waals surface area contributed by atoms with E-state index in [1.165, 1.54) is 12.1 Å². The third kappa shape index (κ3) is 3.80. The van der Waals surface area contributed by atoms with Crippen LogP contribution in [0.4, 0.5) is 0 Å². The van der Waals surface area contributed by atoms with Gasteiger partial charge in [0.15, 0.2) is 0 Å². The summed E-state index contributed by atoms with van der Waals surface area (Å²) in [5.74, 6) is 0.209. The lowest BCUT2D eigenvalue weighted by atomic mass is 10.00. The van der Waals surface area contributed by atoms with E-state index < -0.39 is 10.0 Å². The average molecular weight is 435 g/mol. The zero-order valence-corrected chi connectivity index (χ0v) is 18.0. The number of aryl methyl sites for hydroxylation is 1. The molecule has 0 bridgehead atoms. The van der Waals surface area contributed by atoms with Crippen LogP contribution >= 0.6 is 0 Å². The number of rotatable bonds is 5. The Morgan fingerprint density at radius 2 is 1.32 bits per heavy atom. The molecule has 0 fully saturated rings. The summed E-state index contributed by atoms with van der Waals surface area (Å²) in [5, 5.41) is 23.9. The number of aromatic hydroxyl groups is 2. The SMILES string of the molecule is CCc1c(-c2ccc(O)cc2)nn(S(=O)(=O)c2ccc(C)cc2)c1-c1ccc(O)cc1. The molecule has 0 aliphatic carbocycles. The Hall–Kier alpha value is -3.58. The fraction of sp³-hybridized carbons (Fsp3) is 0.125. The first-order valence-electron chi connectivity index (χ1n) is 9.84. The van der Waals surface area contributed by atoms with E-state index in [0.717, 1.165) is 15.2 Å². The standard InChI is InChI=1S/C24H22N2O4S/c1-3-22-23(17-6-10-19(27)11-7-17)25-26(24(22)18-8-12-20(28)13-9-18)31(29,30)21-14-4-16(2)5-15-21/h4-15,27-28H,3H2,1-2H3. The molecule has 158 valence electrons. The average Bonchev–Trinajstić information content (AvgIpc) is 3.15. The molecule has 0 saturated heterocycles. The lowest BCUT2D eigenvalue weighted by Gasteiger charge is -2.11. The van der Waals surface area contributed by atoms with Gasteiger partial charge in [-0.3, -0.25) is 0 Å². The first-order chi connectivity index (χ1) is 14.8. The van der Waals surface area contributed by atoms with Gasteiger partial charge in [-0.15, -0.1) is 0 Å². The van der Waals surface area contributed by atoms with Crippen molar-refractivity contribution in [1.29, 1.82) is 0 Å². The Morgan fingerprint density at radius 3 is 1.84 bits per heavy atom. The highest BCUT2D eigenvalue weighted by atomic mass is 32.2. The van der Waals surface area contributed by atoms with Crippen LogP contribution in [-0.4, -0.2) is 27.8 Å². The molecule has 4 rings (SSSR count). The zero-order chi connectivity index (χ0) is 22.2. The number of phenols is 2. The fourth-order valence-corrected chi connectivity index (χ4v) is 4.83. The Kier molecular flexibility index (Phi) is 5.29. The quantitative estimate of drug-likeness (QED) is 0.473. The topological polar surface area (TPSA) is 92.4 Å². The van der Waals surface area contributed by atoms with Gasteiger partial charge in [0, 0.05) is 16.7 Å². The number of phenolic OH excluding ortho intramolecular Hbond substituents is 2. The van der Waals surface area contributed by atoms with Crippen molar-refractivity contribution >= 4 is 10.0 Å². The van der Waals surface area contributed by atoms with Crippen LogP contribution in [-0.2, 0) is 16.4 Å². The maximum Gasteiger partial charge on any atom is 0.283 e. The van der Waals surface area contributed by atoms with Crippen LogP contribution in [0.3, 0.4) is 0 Å². The van der Waals surface area contributed by atoms with E-state index in [-0.39, 0.29) is 16.4 Å². The predicted octanol–water partition coefficient (Wildman–Crippen LogP) is 4.74. The third-order valence-electron chi connectivity index (χ3n) is 5.14. The molecule has 1 aromatic heterocycles. The first-order valence-corrected chi connectivity index (χ1v) is 11.3. The Balaban J connectivity index is 2.02. The van der Waals surface area contributed by atoms with E-state index in [2.05, 4.69) is 5.10 Å². The van der Waals surface area contributed by atoms with E-state index in [0.29, 0.717) is 28.9 Å². The number of benzene rings is 3. The van der Waals surface area contributed by atoms with Crippen molar-refractivity contribution in [3.63, 3.8) is 0 Å². The van der Waals surface area contributed by atoms with Crippen LogP contribution in [0.1, 0.15) is 18.1 Å². The van der Waals surface area contributed by atoms with E-state index >= 15 is 0 Å². The number of aromatic nitrogens is 2. The molecule has 0 amide bonds. The molecule has 2 N–H and O–H groups in total. The van der Waals surface area contributed by atoms with Crippen LogP contribution in [0.5, 0.6) is 11.5 Å². The largest absolute Gasteiger partial charge is 0.508 e. The molecule has 4 aromatic rings. The normalized spacial score (nSPS) is 11.5. The second-order valence-electron chi connectivity index (χ2n) is 7.28. The molecule has 31 heavy (non-hydrogen) atoms. The molecule has 0 spiro atoms. The molecule has 3 aromatic carbocycles. The van der Waals surface area contributed by atoms with Gasteiger partial charge < -0.3 is 10.2 Å². The van der Waals surface area contributed by atoms with E-state index in [1.54, 1.807) is 60.7 Å². The van der Waals surface area contributed by atoms with Crippen molar-refractivity contribution in [3.05, 3.63) is 83.9 Å². The number of hydrogen-bond donors (Lipinski definition) is 2. The van der Waals surface area contributed by atoms with Crippen molar-refractivity contribution in [1.82, 2.24) is 9.19 Å². The summed E-state index contributed by atoms with van der Waals surface area (Å²) >= 11 is 0. The van der Waals surface area contributed by atoms with Gasteiger partial charge >= 0.3 is 0 Å². The maximum absolute atomic E-state index is 13.6. The van der Waals surface area contributed by atoms with Crippen molar-refractivity contribution < 1.29 is 18.6 Å². The van der Waals surface area contributed by atoms with Crippen molar-refractivity contribution in [2.24, 2.45) is 0 Å². The summed E-state index contributed by atoms with van der Waals surface area (Å²) in [4.78, 5) is 0.139. The zero-order valence-electron chi connectivity index (χ0n) is 17.1. The summed E-state index contributed by atoms with van der Waals surface area (Å²) in [6.07, 6.45) is 0.538. The van der Waals surface area contributed by atoms with E-state index in [9.17, 15) is 18.6 Å². The lowest BCUT2D eigenvalue weighted by molar-refractivity contribution is 0.475. The molecule has 0 atom stereocenters. The molecule has 6 nitrogen and oxygen atoms in total. The van der Waals surface area contributed by atoms with Gasteiger partial charge in [-0.05, 0) is 74.0 Å². The molecule has 0 unspecified atom stereocenters. The maximum atomic E-state index is 13.6. The van der Waals surface area contributed by atoms with Gasteiger partial charge in [-0.2, -0.15) is 17.6 Å². The first kappa shape index (κ1) is 20.7. The van der Waals surface area contributed by atoms with Gasteiger partial charge in [0.2, 0.25) is 0 Å². The smallest absolute Gasteiger partial charge is 0.283 e. The second-order valence-corrected chi connectivity index (χ2v) is 9.05. The van der Waals surface area contributed by atoms with Crippen LogP contribution in [0.25, 0.3) is 22.5 Å². The summed E-state index contributed by atoms with van der Waals surface area (Å²) in [7, 11) is -3.98. The van der Waals surface area contributed by atoms with E-state index in [4.69, 9.17) is 0 Å². The fourth-order valence-electron chi connectivity index (χ4n) is 3.50. The molecule has 0 aliphatic rings. The summed E-state index contributed by atoms with van der Waals surface area (Å²) in [6.45, 7) is 3.83. The molecule has 7 heteroatoms. The van der Waals surface area contributed by atoms with Crippen LogP contribution < -0.4 is 0 Å². The molecular formula is C24H22N2O4S. The Morgan fingerprint density at radius 1 is 0.806 bits per heavy atom. The summed E-state index contributed by atoms with van der Waals surface area (Å²) in [5.41, 5.74) is 4.02. The van der Waals surface area contributed by atoms with Crippen LogP contribution in [0.15, 0.2) is 77.7 Å². The van der Waals surface area contributed by atoms with Crippen LogP contribution in [0, 0.1) is 6.92 Å². The molecular weight excluding hydrogens is 412 g/mol. The Bertz CT molecular complexity index is 1320. The highest BCUT2D eigenvalue weighted by Crippen LogP contribution is 2.36. The molecule has 0 aliphatic heterocycles. The minimum atomic E-state index is -3.98. The molecule has 0 radical (unpaired) electrons. The molecule has 1 heterocycles. The summed E-state index contributed by atoms with van der Waals surface area (Å²) < 4.78 is 28.2. The van der Waals surface area contributed by atoms with Crippen molar-refractivity contribution in [2.45, 2.75) is 25.2 Å². The highest BCUT2D eigenvalue weighted by molar-refractivity contribution is 7.90. The second kappa shape index (κ2) is 7.92. The Labute approximate surface area is 181 Å². The van der Waals surface area contributed by atoms with Crippen molar-refractivity contribution in [2.75, 3.05) is 0 Å². The lowest BCUT2D eigenvalue weighted by Crippen LogP contribution is -2.16. The van der Waals surface area contributed by atoms with Gasteiger partial charge in [0.05, 0.1) is 16.3 Å². The van der Waals surface area contributed by atoms with Gasteiger partial charge in [0.1, 0.15) is 11.5 Å². The van der Waals surface area contributed by atoms with Gasteiger partial charge in [-0.1, -0.05) is 24.6 Å². The van der Waals surface area contributed by atoms with Gasteiger partial charge in [0.25, 0.3) is 10.0 Å². The number of hydrogen-bond acceptors (Lipinski definition) is 5. The minimum absolute atomic E-state index is 0.0908. The third-order valence-corrected chi connectivity index (χ3v) is 6.72. The number of nitrogens with zero attached hydrogens (tertiary/aromatic N) is 2. The predicted molar refractivity (Wildman–Crippen MR) is 120 cm³/mol. The molecule has 0 saturated carbocycles. The van der Waals surface area contributed by atoms with Crippen molar-refractivity contribution in [3.8, 4) is 34.0 Å².